The second-order valence-corrected chi connectivity index (χ2v) is 6.84. The van der Waals surface area contributed by atoms with E-state index >= 15 is 0 Å². The van der Waals surface area contributed by atoms with E-state index in [2.05, 4.69) is 41.1 Å². The van der Waals surface area contributed by atoms with Crippen LogP contribution in [0.2, 0.25) is 0 Å². The molecule has 0 fully saturated rings. The van der Waals surface area contributed by atoms with E-state index in [0.29, 0.717) is 0 Å². The molecule has 1 aromatic carbocycles. The van der Waals surface area contributed by atoms with Crippen LogP contribution in [0.4, 0.5) is 0 Å². The highest BCUT2D eigenvalue weighted by Gasteiger charge is 2.23. The van der Waals surface area contributed by atoms with E-state index in [1.54, 1.807) is 0 Å². The summed E-state index contributed by atoms with van der Waals surface area (Å²) < 4.78 is 4.96. The highest BCUT2D eigenvalue weighted by Crippen LogP contribution is 2.29. The molecular weight excluding hydrogens is 312 g/mol. The van der Waals surface area contributed by atoms with E-state index < -0.39 is 0 Å². The Kier molecular flexibility index (Phi) is 5.59. The first-order chi connectivity index (χ1) is 12.1. The fraction of sp³-hybridized carbons (Fsp3) is 0.476. The lowest BCUT2D eigenvalue weighted by atomic mass is 9.99. The number of H-pyrrole nitrogens is 1. The second kappa shape index (κ2) is 7.87. The minimum absolute atomic E-state index is 0.193. The summed E-state index contributed by atoms with van der Waals surface area (Å²) in [5.41, 5.74) is 4.88. The maximum atomic E-state index is 12.1. The second-order valence-electron chi connectivity index (χ2n) is 6.84. The number of methoxy groups -OCH3 is 1. The quantitative estimate of drug-likeness (QED) is 0.638. The van der Waals surface area contributed by atoms with Gasteiger partial charge in [-0.15, -0.1) is 0 Å². The Balaban J connectivity index is 1.84. The molecule has 3 rings (SSSR count). The van der Waals surface area contributed by atoms with Gasteiger partial charge in [-0.1, -0.05) is 36.8 Å². The summed E-state index contributed by atoms with van der Waals surface area (Å²) in [6, 6.07) is 8.30. The Hall–Kier alpha value is -2.07. The van der Waals surface area contributed by atoms with Gasteiger partial charge in [-0.2, -0.15) is 0 Å². The molecule has 0 aliphatic carbocycles. The van der Waals surface area contributed by atoms with Crippen molar-refractivity contribution in [1.82, 2.24) is 9.88 Å². The molecule has 0 amide bonds. The highest BCUT2D eigenvalue weighted by atomic mass is 16.5. The van der Waals surface area contributed by atoms with Gasteiger partial charge in [-0.25, -0.2) is 0 Å². The Labute approximate surface area is 149 Å². The van der Waals surface area contributed by atoms with Crippen LogP contribution in [0.15, 0.2) is 35.9 Å². The molecule has 4 nitrogen and oxygen atoms in total. The van der Waals surface area contributed by atoms with Crippen molar-refractivity contribution in [2.24, 2.45) is 0 Å². The molecule has 1 N–H and O–H groups in total. The molecule has 2 heterocycles. The molecule has 4 heteroatoms. The molecule has 1 unspecified atom stereocenters. The average Bonchev–Trinajstić information content (AvgIpc) is 3.03. The molecule has 25 heavy (non-hydrogen) atoms. The summed E-state index contributed by atoms with van der Waals surface area (Å²) in [7, 11) is 1.45. The Morgan fingerprint density at radius 1 is 1.36 bits per heavy atom. The number of aromatic nitrogens is 1. The lowest BCUT2D eigenvalue weighted by Crippen LogP contribution is -2.32. The van der Waals surface area contributed by atoms with E-state index in [0.717, 1.165) is 50.1 Å². The minimum Gasteiger partial charge on any atom is -0.469 e. The molecule has 1 aliphatic heterocycles. The number of benzene rings is 1. The van der Waals surface area contributed by atoms with Crippen molar-refractivity contribution in [3.63, 3.8) is 0 Å². The molecule has 0 spiro atoms. The van der Waals surface area contributed by atoms with Gasteiger partial charge < -0.3 is 9.72 Å². The van der Waals surface area contributed by atoms with Crippen molar-refractivity contribution in [2.75, 3.05) is 26.7 Å². The van der Waals surface area contributed by atoms with Gasteiger partial charge in [-0.05, 0) is 37.8 Å². The van der Waals surface area contributed by atoms with E-state index in [-0.39, 0.29) is 11.9 Å². The number of carbonyl (C=O) groups excluding carboxylic acids is 1. The predicted octanol–water partition coefficient (Wildman–Crippen LogP) is 4.03. The number of ether oxygens (including phenoxy) is 1. The zero-order valence-electron chi connectivity index (χ0n) is 15.5. The maximum absolute atomic E-state index is 12.1. The number of hydrogen-bond donors (Lipinski definition) is 1. The van der Waals surface area contributed by atoms with Gasteiger partial charge in [0.1, 0.15) is 0 Å². The van der Waals surface area contributed by atoms with Crippen molar-refractivity contribution < 1.29 is 9.53 Å². The van der Waals surface area contributed by atoms with Crippen LogP contribution >= 0.6 is 0 Å². The molecule has 2 aromatic rings. The minimum atomic E-state index is -0.278. The van der Waals surface area contributed by atoms with Gasteiger partial charge in [0.05, 0.1) is 13.0 Å². The van der Waals surface area contributed by atoms with Crippen molar-refractivity contribution in [1.29, 1.82) is 0 Å². The van der Waals surface area contributed by atoms with Gasteiger partial charge in [0.2, 0.25) is 0 Å². The first-order valence-corrected chi connectivity index (χ1v) is 9.21. The number of esters is 1. The molecular formula is C21H28N2O2. The number of hydrogen-bond acceptors (Lipinski definition) is 3. The summed E-state index contributed by atoms with van der Waals surface area (Å²) in [6.45, 7) is 7.35. The van der Waals surface area contributed by atoms with Gasteiger partial charge in [-0.3, -0.25) is 9.69 Å². The van der Waals surface area contributed by atoms with Crippen LogP contribution in [-0.4, -0.2) is 42.6 Å². The number of carbonyl (C=O) groups is 1. The predicted molar refractivity (Wildman–Crippen MR) is 102 cm³/mol. The Bertz CT molecular complexity index is 775. The average molecular weight is 340 g/mol. The van der Waals surface area contributed by atoms with E-state index in [9.17, 15) is 4.79 Å². The van der Waals surface area contributed by atoms with Crippen molar-refractivity contribution >= 4 is 16.9 Å². The standard InChI is InChI=1S/C21H28N2O2/c1-4-16-8-7-12-23(14-16)13-11-18-17-9-5-6-10-19(17)22-20(18)15(2)21(24)25-3/h5-6,8-10,15,22H,4,7,11-14H2,1-3H3. The number of nitrogens with zero attached hydrogens (tertiary/aromatic N) is 1. The normalized spacial score (nSPS) is 16.7. The van der Waals surface area contributed by atoms with Crippen LogP contribution in [0.25, 0.3) is 10.9 Å². The summed E-state index contributed by atoms with van der Waals surface area (Å²) in [5.74, 6) is -0.471. The topological polar surface area (TPSA) is 45.3 Å². The van der Waals surface area contributed by atoms with Crippen molar-refractivity contribution in [3.05, 3.63) is 47.2 Å². The molecule has 1 aromatic heterocycles. The van der Waals surface area contributed by atoms with Crippen LogP contribution in [0.1, 0.15) is 43.9 Å². The lowest BCUT2D eigenvalue weighted by Gasteiger charge is -2.27. The molecule has 0 saturated heterocycles. The summed E-state index contributed by atoms with van der Waals surface area (Å²) in [5, 5.41) is 1.22. The van der Waals surface area contributed by atoms with Crippen LogP contribution in [0.5, 0.6) is 0 Å². The van der Waals surface area contributed by atoms with E-state index in [4.69, 9.17) is 4.74 Å². The summed E-state index contributed by atoms with van der Waals surface area (Å²) in [6.07, 6.45) is 5.60. The number of nitrogens with one attached hydrogen (secondary N) is 1. The third-order valence-corrected chi connectivity index (χ3v) is 5.27. The molecule has 134 valence electrons. The first kappa shape index (κ1) is 17.7. The van der Waals surface area contributed by atoms with Crippen molar-refractivity contribution in [3.8, 4) is 0 Å². The lowest BCUT2D eigenvalue weighted by molar-refractivity contribution is -0.142. The first-order valence-electron chi connectivity index (χ1n) is 9.21. The van der Waals surface area contributed by atoms with Crippen LogP contribution < -0.4 is 0 Å². The van der Waals surface area contributed by atoms with Gasteiger partial charge >= 0.3 is 5.97 Å². The number of aromatic amines is 1. The van der Waals surface area contributed by atoms with Crippen LogP contribution in [0.3, 0.4) is 0 Å². The summed E-state index contributed by atoms with van der Waals surface area (Å²) >= 11 is 0. The number of fused-ring (bicyclic) bond motifs is 1. The Morgan fingerprint density at radius 2 is 2.16 bits per heavy atom. The summed E-state index contributed by atoms with van der Waals surface area (Å²) in [4.78, 5) is 18.0. The molecule has 0 saturated carbocycles. The van der Waals surface area contributed by atoms with E-state index in [1.165, 1.54) is 23.6 Å². The smallest absolute Gasteiger partial charge is 0.314 e. The monoisotopic (exact) mass is 340 g/mol. The molecule has 0 bridgehead atoms. The van der Waals surface area contributed by atoms with Crippen LogP contribution in [0, 0.1) is 0 Å². The van der Waals surface area contributed by atoms with Crippen LogP contribution in [-0.2, 0) is 16.0 Å². The largest absolute Gasteiger partial charge is 0.469 e. The molecule has 1 aliphatic rings. The fourth-order valence-electron chi connectivity index (χ4n) is 3.75. The third-order valence-electron chi connectivity index (χ3n) is 5.27. The third kappa shape index (κ3) is 3.79. The zero-order chi connectivity index (χ0) is 17.8. The SMILES string of the molecule is CCC1=CCCN(CCc2c(C(C)C(=O)OC)[nH]c3ccccc23)C1. The fourth-order valence-corrected chi connectivity index (χ4v) is 3.75. The van der Waals surface area contributed by atoms with Crippen molar-refractivity contribution in [2.45, 2.75) is 39.0 Å². The van der Waals surface area contributed by atoms with Gasteiger partial charge in [0.15, 0.2) is 0 Å². The number of rotatable bonds is 6. The molecule has 1 atom stereocenters. The molecule has 0 radical (unpaired) electrons. The van der Waals surface area contributed by atoms with E-state index in [1.807, 2.05) is 13.0 Å². The number of para-hydroxylation sites is 1. The maximum Gasteiger partial charge on any atom is 0.314 e. The zero-order valence-corrected chi connectivity index (χ0v) is 15.5. The highest BCUT2D eigenvalue weighted by molar-refractivity contribution is 5.88. The van der Waals surface area contributed by atoms with Gasteiger partial charge in [0.25, 0.3) is 0 Å². The van der Waals surface area contributed by atoms with Gasteiger partial charge in [0, 0.05) is 36.2 Å². The Morgan fingerprint density at radius 3 is 2.92 bits per heavy atom.